The summed E-state index contributed by atoms with van der Waals surface area (Å²) in [4.78, 5) is 26.3. The fourth-order valence-corrected chi connectivity index (χ4v) is 2.69. The van der Waals surface area contributed by atoms with Gasteiger partial charge in [-0.3, -0.25) is 4.79 Å². The van der Waals surface area contributed by atoms with Crippen molar-refractivity contribution in [2.24, 2.45) is 0 Å². The van der Waals surface area contributed by atoms with E-state index >= 15 is 0 Å². The molecule has 0 aliphatic carbocycles. The maximum Gasteiger partial charge on any atom is 0.342 e. The van der Waals surface area contributed by atoms with Crippen molar-refractivity contribution >= 4 is 46.7 Å². The third kappa shape index (κ3) is 4.01. The second-order valence-electron chi connectivity index (χ2n) is 5.15. The molecule has 0 aliphatic heterocycles. The Hall–Kier alpha value is -1.75. The monoisotopic (exact) mass is 385 g/mol. The highest BCUT2D eigenvalue weighted by molar-refractivity contribution is 6.46. The van der Waals surface area contributed by atoms with Crippen LogP contribution in [-0.2, 0) is 9.53 Å². The van der Waals surface area contributed by atoms with E-state index in [1.165, 1.54) is 17.0 Å². The molecule has 126 valence electrons. The molecule has 0 saturated carbocycles. The number of amides is 1. The van der Waals surface area contributed by atoms with E-state index in [1.807, 2.05) is 0 Å². The standard InChI is InChI=1S/C17H14Cl3NO3/c1-21(2)16(22)15(10-6-4-3-5-7-10)24-17(23)13-11(18)8-9-12(19)14(13)20/h3-9,15H,1-2H3/t15-/m0/s1. The minimum atomic E-state index is -1.11. The van der Waals surface area contributed by atoms with Gasteiger partial charge in [-0.1, -0.05) is 65.1 Å². The van der Waals surface area contributed by atoms with Crippen molar-refractivity contribution in [1.82, 2.24) is 4.90 Å². The van der Waals surface area contributed by atoms with E-state index in [9.17, 15) is 9.59 Å². The average Bonchev–Trinajstić information content (AvgIpc) is 2.56. The van der Waals surface area contributed by atoms with Crippen molar-refractivity contribution < 1.29 is 14.3 Å². The van der Waals surface area contributed by atoms with Gasteiger partial charge in [-0.2, -0.15) is 0 Å². The predicted octanol–water partition coefficient (Wildman–Crippen LogP) is 4.63. The first-order valence-electron chi connectivity index (χ1n) is 6.93. The van der Waals surface area contributed by atoms with Gasteiger partial charge in [0.1, 0.15) is 0 Å². The number of benzene rings is 2. The number of ether oxygens (including phenoxy) is 1. The lowest BCUT2D eigenvalue weighted by molar-refractivity contribution is -0.138. The van der Waals surface area contributed by atoms with Gasteiger partial charge in [-0.05, 0) is 12.1 Å². The Kier molecular flexibility index (Phi) is 6.10. The second-order valence-corrected chi connectivity index (χ2v) is 6.34. The highest BCUT2D eigenvalue weighted by Crippen LogP contribution is 2.33. The zero-order valence-electron chi connectivity index (χ0n) is 12.9. The van der Waals surface area contributed by atoms with Crippen LogP contribution in [0.2, 0.25) is 15.1 Å². The molecular weight excluding hydrogens is 373 g/mol. The van der Waals surface area contributed by atoms with Crippen LogP contribution in [0.25, 0.3) is 0 Å². The molecule has 0 radical (unpaired) electrons. The first kappa shape index (κ1) is 18.6. The summed E-state index contributed by atoms with van der Waals surface area (Å²) in [5.41, 5.74) is 0.470. The number of nitrogens with zero attached hydrogens (tertiary/aromatic N) is 1. The number of hydrogen-bond donors (Lipinski definition) is 0. The third-order valence-electron chi connectivity index (χ3n) is 3.24. The first-order chi connectivity index (χ1) is 11.3. The molecule has 1 atom stereocenters. The molecule has 7 heteroatoms. The van der Waals surface area contributed by atoms with Crippen LogP contribution in [-0.4, -0.2) is 30.9 Å². The van der Waals surface area contributed by atoms with Gasteiger partial charge in [0, 0.05) is 19.7 Å². The van der Waals surface area contributed by atoms with E-state index in [2.05, 4.69) is 0 Å². The molecule has 2 aromatic carbocycles. The second kappa shape index (κ2) is 7.88. The van der Waals surface area contributed by atoms with Gasteiger partial charge in [0.05, 0.1) is 20.6 Å². The lowest BCUT2D eigenvalue weighted by atomic mass is 10.1. The Morgan fingerprint density at radius 1 is 0.958 bits per heavy atom. The molecule has 24 heavy (non-hydrogen) atoms. The molecule has 0 fully saturated rings. The van der Waals surface area contributed by atoms with Crippen molar-refractivity contribution in [2.75, 3.05) is 14.1 Å². The predicted molar refractivity (Wildman–Crippen MR) is 94.8 cm³/mol. The molecule has 2 aromatic rings. The maximum atomic E-state index is 12.5. The first-order valence-corrected chi connectivity index (χ1v) is 8.07. The highest BCUT2D eigenvalue weighted by Gasteiger charge is 2.29. The lowest BCUT2D eigenvalue weighted by Crippen LogP contribution is -2.31. The van der Waals surface area contributed by atoms with Crippen LogP contribution in [0.5, 0.6) is 0 Å². The van der Waals surface area contributed by atoms with Crippen molar-refractivity contribution in [3.63, 3.8) is 0 Å². The van der Waals surface area contributed by atoms with Crippen LogP contribution >= 0.6 is 34.8 Å². The van der Waals surface area contributed by atoms with E-state index in [1.54, 1.807) is 44.4 Å². The summed E-state index contributed by atoms with van der Waals surface area (Å²) in [6.45, 7) is 0. The van der Waals surface area contributed by atoms with Gasteiger partial charge >= 0.3 is 5.97 Å². The number of likely N-dealkylation sites (N-methyl/N-ethyl adjacent to an activating group) is 1. The van der Waals surface area contributed by atoms with Crippen molar-refractivity contribution in [1.29, 1.82) is 0 Å². The average molecular weight is 387 g/mol. The van der Waals surface area contributed by atoms with E-state index in [0.29, 0.717) is 5.56 Å². The van der Waals surface area contributed by atoms with Crippen LogP contribution in [0.4, 0.5) is 0 Å². The van der Waals surface area contributed by atoms with E-state index in [0.717, 1.165) is 0 Å². The number of halogens is 3. The van der Waals surface area contributed by atoms with Gasteiger partial charge in [-0.15, -0.1) is 0 Å². The fraction of sp³-hybridized carbons (Fsp3) is 0.176. The number of rotatable bonds is 4. The minimum Gasteiger partial charge on any atom is -0.444 e. The van der Waals surface area contributed by atoms with Crippen LogP contribution in [0.1, 0.15) is 22.0 Å². The Morgan fingerprint density at radius 2 is 1.54 bits per heavy atom. The Balaban J connectivity index is 2.39. The molecule has 0 N–H and O–H groups in total. The zero-order chi connectivity index (χ0) is 17.9. The molecule has 0 unspecified atom stereocenters. The molecule has 0 saturated heterocycles. The van der Waals surface area contributed by atoms with E-state index in [4.69, 9.17) is 39.5 Å². The molecule has 0 spiro atoms. The molecule has 0 bridgehead atoms. The van der Waals surface area contributed by atoms with E-state index in [-0.39, 0.29) is 26.5 Å². The van der Waals surface area contributed by atoms with Gasteiger partial charge in [-0.25, -0.2) is 4.79 Å². The molecule has 0 aromatic heterocycles. The molecule has 1 amide bonds. The quantitative estimate of drug-likeness (QED) is 0.568. The number of esters is 1. The van der Waals surface area contributed by atoms with Gasteiger partial charge in [0.15, 0.2) is 0 Å². The normalized spacial score (nSPS) is 11.7. The van der Waals surface area contributed by atoms with E-state index < -0.39 is 12.1 Å². The number of hydrogen-bond acceptors (Lipinski definition) is 3. The summed E-state index contributed by atoms with van der Waals surface area (Å²) in [5.74, 6) is -1.21. The van der Waals surface area contributed by atoms with Crippen LogP contribution in [0, 0.1) is 0 Å². The van der Waals surface area contributed by atoms with Gasteiger partial charge in [0.2, 0.25) is 6.10 Å². The minimum absolute atomic E-state index is 0.0155. The van der Waals surface area contributed by atoms with Crippen LogP contribution < -0.4 is 0 Å². The smallest absolute Gasteiger partial charge is 0.342 e. The Labute approximate surface area is 154 Å². The molecule has 0 aliphatic rings. The molecule has 0 heterocycles. The van der Waals surface area contributed by atoms with Gasteiger partial charge < -0.3 is 9.64 Å². The topological polar surface area (TPSA) is 46.6 Å². The fourth-order valence-electron chi connectivity index (χ4n) is 2.00. The summed E-state index contributed by atoms with van der Waals surface area (Å²) in [5, 5.41) is 0.250. The van der Waals surface area contributed by atoms with Crippen molar-refractivity contribution in [3.05, 3.63) is 68.7 Å². The lowest BCUT2D eigenvalue weighted by Gasteiger charge is -2.21. The number of carbonyl (C=O) groups excluding carboxylic acids is 2. The van der Waals surface area contributed by atoms with Crippen LogP contribution in [0.15, 0.2) is 42.5 Å². The summed E-state index contributed by atoms with van der Waals surface area (Å²) in [6.07, 6.45) is -1.11. The summed E-state index contributed by atoms with van der Waals surface area (Å²) in [6, 6.07) is 11.6. The largest absolute Gasteiger partial charge is 0.444 e. The zero-order valence-corrected chi connectivity index (χ0v) is 15.2. The third-order valence-corrected chi connectivity index (χ3v) is 4.36. The SMILES string of the molecule is CN(C)C(=O)[C@@H](OC(=O)c1c(Cl)ccc(Cl)c1Cl)c1ccccc1. The van der Waals surface area contributed by atoms with Crippen molar-refractivity contribution in [2.45, 2.75) is 6.10 Å². The number of carbonyl (C=O) groups is 2. The summed E-state index contributed by atoms with van der Waals surface area (Å²) in [7, 11) is 3.15. The molecule has 2 rings (SSSR count). The van der Waals surface area contributed by atoms with Crippen LogP contribution in [0.3, 0.4) is 0 Å². The summed E-state index contributed by atoms with van der Waals surface area (Å²) >= 11 is 18.0. The Morgan fingerprint density at radius 3 is 2.12 bits per heavy atom. The highest BCUT2D eigenvalue weighted by atomic mass is 35.5. The maximum absolute atomic E-state index is 12.5. The summed E-state index contributed by atoms with van der Waals surface area (Å²) < 4.78 is 5.40. The Bertz CT molecular complexity index is 763. The van der Waals surface area contributed by atoms with Crippen molar-refractivity contribution in [3.8, 4) is 0 Å². The molecule has 4 nitrogen and oxygen atoms in total. The van der Waals surface area contributed by atoms with Gasteiger partial charge in [0.25, 0.3) is 5.91 Å². The molecular formula is C17H14Cl3NO3.